The summed E-state index contributed by atoms with van der Waals surface area (Å²) in [5, 5.41) is 13.7. The van der Waals surface area contributed by atoms with Gasteiger partial charge in [-0.1, -0.05) is 36.4 Å². The summed E-state index contributed by atoms with van der Waals surface area (Å²) in [4.78, 5) is 28.2. The third-order valence-electron chi connectivity index (χ3n) is 8.02. The minimum Gasteiger partial charge on any atom is -0.446 e. The first-order valence-electron chi connectivity index (χ1n) is 12.8. The second-order valence-electron chi connectivity index (χ2n) is 10.2. The lowest BCUT2D eigenvalue weighted by atomic mass is 9.69. The van der Waals surface area contributed by atoms with Crippen LogP contribution in [0.3, 0.4) is 0 Å². The molecule has 2 aromatic rings. The van der Waals surface area contributed by atoms with Crippen LogP contribution in [0.25, 0.3) is 0 Å². The van der Waals surface area contributed by atoms with Crippen molar-refractivity contribution in [3.63, 3.8) is 0 Å². The second kappa shape index (κ2) is 10.5. The number of urea groups is 1. The number of rotatable bonds is 4. The molecule has 1 atom stereocenters. The molecule has 0 aromatic heterocycles. The summed E-state index contributed by atoms with van der Waals surface area (Å²) in [7, 11) is 0. The van der Waals surface area contributed by atoms with Gasteiger partial charge in [-0.15, -0.1) is 0 Å². The average Bonchev–Trinajstić information content (AvgIpc) is 3.32. The monoisotopic (exact) mass is 508 g/mol. The van der Waals surface area contributed by atoms with Gasteiger partial charge in [-0.05, 0) is 61.8 Å². The first-order valence-corrected chi connectivity index (χ1v) is 12.8. The van der Waals surface area contributed by atoms with E-state index in [0.29, 0.717) is 24.7 Å². The average molecular weight is 509 g/mol. The minimum absolute atomic E-state index is 0.0947. The van der Waals surface area contributed by atoms with Gasteiger partial charge in [0.1, 0.15) is 12.6 Å². The van der Waals surface area contributed by atoms with Crippen molar-refractivity contribution in [2.75, 3.05) is 19.7 Å². The van der Waals surface area contributed by atoms with Crippen LogP contribution in [0.15, 0.2) is 48.5 Å². The molecule has 2 aromatic carbocycles. The molecule has 3 fully saturated rings. The third-order valence-corrected chi connectivity index (χ3v) is 8.02. The van der Waals surface area contributed by atoms with Crippen molar-refractivity contribution in [3.8, 4) is 6.07 Å². The zero-order valence-electron chi connectivity index (χ0n) is 20.5. The van der Waals surface area contributed by atoms with E-state index in [1.807, 2.05) is 30.3 Å². The molecule has 1 aliphatic carbocycles. The number of carbonyl (C=O) groups is 2. The predicted octanol–water partition coefficient (Wildman–Crippen LogP) is 5.04. The van der Waals surface area contributed by atoms with Crippen LogP contribution in [0.5, 0.6) is 0 Å². The van der Waals surface area contributed by atoms with E-state index in [1.165, 1.54) is 6.07 Å². The van der Waals surface area contributed by atoms with E-state index in [4.69, 9.17) is 4.74 Å². The fourth-order valence-corrected chi connectivity index (χ4v) is 5.82. The van der Waals surface area contributed by atoms with Crippen LogP contribution in [0.4, 0.5) is 18.4 Å². The molecule has 37 heavy (non-hydrogen) atoms. The first kappa shape index (κ1) is 25.2. The smallest absolute Gasteiger partial charge is 0.418 e. The summed E-state index contributed by atoms with van der Waals surface area (Å²) in [6.45, 7) is 0.857. The lowest BCUT2D eigenvalue weighted by Gasteiger charge is -2.40. The Bertz CT molecular complexity index is 1190. The number of benzene rings is 2. The van der Waals surface area contributed by atoms with Gasteiger partial charge in [-0.3, -0.25) is 0 Å². The summed E-state index contributed by atoms with van der Waals surface area (Å²) in [6.07, 6.45) is 4.15. The van der Waals surface area contributed by atoms with Crippen molar-refractivity contribution in [3.05, 3.63) is 71.3 Å². The van der Waals surface area contributed by atoms with Gasteiger partial charge in [0.25, 0.3) is 0 Å². The highest BCUT2D eigenvalue weighted by atomic mass is 19.2. The van der Waals surface area contributed by atoms with Gasteiger partial charge in [0.15, 0.2) is 11.6 Å². The van der Waals surface area contributed by atoms with Crippen LogP contribution in [0.1, 0.15) is 55.7 Å². The number of likely N-dealkylation sites (tertiary alicyclic amines) is 1. The number of hydrogen-bond acceptors (Lipinski definition) is 5. The molecule has 0 radical (unpaired) electrons. The summed E-state index contributed by atoms with van der Waals surface area (Å²) in [5.41, 5.74) is 0.976. The number of nitrogens with one attached hydrogen (secondary N) is 1. The standard InChI is InChI=1S/C28H30F2N4O3/c29-23-7-6-19(16-24(23)30)25-17-37-27(36)34(25)26(35)33-14-10-22(11-15-33)32-21-8-12-28(18-31,13-9-21)20-4-2-1-3-5-20/h1-7,16,21-22,25,32H,8-15,17H2/t21?,25-,28?/m1/s1. The third kappa shape index (κ3) is 5.03. The van der Waals surface area contributed by atoms with E-state index in [0.717, 1.165) is 61.1 Å². The fourth-order valence-electron chi connectivity index (χ4n) is 5.82. The molecular formula is C28H30F2N4O3. The fraction of sp³-hybridized carbons (Fsp3) is 0.464. The Hall–Kier alpha value is -3.51. The lowest BCUT2D eigenvalue weighted by molar-refractivity contribution is 0.128. The van der Waals surface area contributed by atoms with E-state index in [-0.39, 0.29) is 12.6 Å². The van der Waals surface area contributed by atoms with Crippen LogP contribution >= 0.6 is 0 Å². The van der Waals surface area contributed by atoms with E-state index < -0.39 is 35.2 Å². The molecule has 2 heterocycles. The van der Waals surface area contributed by atoms with E-state index in [2.05, 4.69) is 11.4 Å². The maximum atomic E-state index is 13.8. The zero-order chi connectivity index (χ0) is 26.0. The Morgan fingerprint density at radius 1 is 1.00 bits per heavy atom. The minimum atomic E-state index is -1.03. The SMILES string of the molecule is N#CC1(c2ccccc2)CCC(NC2CCN(C(=O)N3C(=O)OC[C@@H]3c3ccc(F)c(F)c3)CC2)CC1. The normalized spacial score (nSPS) is 26.6. The first-order chi connectivity index (χ1) is 17.9. The number of nitrogens with zero attached hydrogens (tertiary/aromatic N) is 3. The van der Waals surface area contributed by atoms with Crippen molar-refractivity contribution < 1.29 is 23.1 Å². The summed E-state index contributed by atoms with van der Waals surface area (Å²) < 4.78 is 32.2. The van der Waals surface area contributed by atoms with Gasteiger partial charge < -0.3 is 15.0 Å². The van der Waals surface area contributed by atoms with Gasteiger partial charge in [0.05, 0.1) is 11.5 Å². The number of piperidine rings is 1. The second-order valence-corrected chi connectivity index (χ2v) is 10.2. The highest BCUT2D eigenvalue weighted by Crippen LogP contribution is 2.39. The molecule has 5 rings (SSSR count). The van der Waals surface area contributed by atoms with Gasteiger partial charge >= 0.3 is 12.1 Å². The lowest BCUT2D eigenvalue weighted by Crippen LogP contribution is -2.52. The summed E-state index contributed by atoms with van der Waals surface area (Å²) >= 11 is 0. The number of imide groups is 1. The topological polar surface area (TPSA) is 85.7 Å². The number of nitriles is 1. The number of carbonyl (C=O) groups excluding carboxylic acids is 2. The van der Waals surface area contributed by atoms with E-state index >= 15 is 0 Å². The van der Waals surface area contributed by atoms with Crippen molar-refractivity contribution in [2.45, 2.75) is 62.1 Å². The highest BCUT2D eigenvalue weighted by molar-refractivity contribution is 5.92. The van der Waals surface area contributed by atoms with Gasteiger partial charge in [0, 0.05) is 25.2 Å². The highest BCUT2D eigenvalue weighted by Gasteiger charge is 2.42. The van der Waals surface area contributed by atoms with Crippen molar-refractivity contribution >= 4 is 12.1 Å². The zero-order valence-corrected chi connectivity index (χ0v) is 20.5. The van der Waals surface area contributed by atoms with E-state index in [9.17, 15) is 23.6 Å². The number of ether oxygens (including phenoxy) is 1. The maximum absolute atomic E-state index is 13.8. The van der Waals surface area contributed by atoms with Crippen molar-refractivity contribution in [1.82, 2.24) is 15.1 Å². The molecule has 7 nitrogen and oxygen atoms in total. The molecule has 3 aliphatic rings. The Morgan fingerprint density at radius 3 is 2.32 bits per heavy atom. The quantitative estimate of drug-likeness (QED) is 0.626. The molecular weight excluding hydrogens is 478 g/mol. The molecule has 1 saturated carbocycles. The van der Waals surface area contributed by atoms with Crippen LogP contribution in [0.2, 0.25) is 0 Å². The summed E-state index contributed by atoms with van der Waals surface area (Å²) in [6, 6.07) is 15.2. The molecule has 194 valence electrons. The van der Waals surface area contributed by atoms with Gasteiger partial charge in [-0.25, -0.2) is 23.3 Å². The van der Waals surface area contributed by atoms with Crippen LogP contribution < -0.4 is 5.32 Å². The van der Waals surface area contributed by atoms with Gasteiger partial charge in [-0.2, -0.15) is 5.26 Å². The largest absolute Gasteiger partial charge is 0.446 e. The Labute approximate surface area is 215 Å². The van der Waals surface area contributed by atoms with Crippen molar-refractivity contribution in [1.29, 1.82) is 5.26 Å². The molecule has 2 aliphatic heterocycles. The summed E-state index contributed by atoms with van der Waals surface area (Å²) in [5.74, 6) is -2.02. The number of hydrogen-bond donors (Lipinski definition) is 1. The van der Waals surface area contributed by atoms with Gasteiger partial charge in [0.2, 0.25) is 0 Å². The molecule has 9 heteroatoms. The van der Waals surface area contributed by atoms with Crippen molar-refractivity contribution in [2.24, 2.45) is 0 Å². The molecule has 3 amide bonds. The Kier molecular flexibility index (Phi) is 7.11. The number of amides is 3. The van der Waals surface area contributed by atoms with Crippen LogP contribution in [0, 0.1) is 23.0 Å². The molecule has 2 saturated heterocycles. The van der Waals surface area contributed by atoms with Crippen LogP contribution in [-0.2, 0) is 10.2 Å². The Balaban J connectivity index is 1.15. The van der Waals surface area contributed by atoms with E-state index in [1.54, 1.807) is 4.90 Å². The Morgan fingerprint density at radius 2 is 1.68 bits per heavy atom. The van der Waals surface area contributed by atoms with Crippen LogP contribution in [-0.4, -0.2) is 53.7 Å². The number of halogens is 2. The molecule has 1 N–H and O–H groups in total. The maximum Gasteiger partial charge on any atom is 0.418 e. The molecule has 0 spiro atoms. The molecule has 0 unspecified atom stereocenters. The molecule has 0 bridgehead atoms. The predicted molar refractivity (Wildman–Crippen MR) is 131 cm³/mol. The number of cyclic esters (lactones) is 1.